The van der Waals surface area contributed by atoms with Crippen molar-refractivity contribution in [3.63, 3.8) is 0 Å². The number of unbranched alkanes of at least 4 members (excludes halogenated alkanes) is 7. The summed E-state index contributed by atoms with van der Waals surface area (Å²) in [5.74, 6) is 0.555. The summed E-state index contributed by atoms with van der Waals surface area (Å²) >= 11 is 4.89. The van der Waals surface area contributed by atoms with Gasteiger partial charge in [-0.3, -0.25) is 14.5 Å². The van der Waals surface area contributed by atoms with E-state index in [1.807, 2.05) is 0 Å². The second kappa shape index (κ2) is 9.20. The molecule has 0 aromatic heterocycles. The molecule has 4 heteroatoms. The van der Waals surface area contributed by atoms with Crippen molar-refractivity contribution in [2.75, 3.05) is 12.3 Å². The number of carbonyl (C=O) groups is 2. The maximum absolute atomic E-state index is 11.3. The van der Waals surface area contributed by atoms with Crippen LogP contribution in [0.3, 0.4) is 0 Å². The van der Waals surface area contributed by atoms with E-state index in [1.54, 1.807) is 0 Å². The van der Waals surface area contributed by atoms with Gasteiger partial charge in [0.2, 0.25) is 0 Å². The lowest BCUT2D eigenvalue weighted by Gasteiger charge is -2.12. The zero-order valence-corrected chi connectivity index (χ0v) is 11.7. The molecule has 3 nitrogen and oxygen atoms in total. The number of imide groups is 1. The molecule has 0 aromatic carbocycles. The molecule has 0 aliphatic carbocycles. The average Bonchev–Trinajstić information content (AvgIpc) is 2.68. The maximum Gasteiger partial charge on any atom is 0.253 e. The molecule has 0 spiro atoms. The first-order chi connectivity index (χ1) is 8.75. The van der Waals surface area contributed by atoms with Crippen LogP contribution in [0.4, 0.5) is 0 Å². The van der Waals surface area contributed by atoms with E-state index in [0.717, 1.165) is 18.6 Å². The van der Waals surface area contributed by atoms with E-state index in [1.165, 1.54) is 55.6 Å². The van der Waals surface area contributed by atoms with E-state index < -0.39 is 0 Å². The Hall–Kier alpha value is -0.770. The Morgan fingerprint density at radius 3 is 1.72 bits per heavy atom. The zero-order valence-electron chi connectivity index (χ0n) is 10.9. The Balaban J connectivity index is 1.90. The molecule has 2 amide bonds. The van der Waals surface area contributed by atoms with Crippen LogP contribution < -0.4 is 0 Å². The predicted molar refractivity (Wildman–Crippen MR) is 75.3 cm³/mol. The van der Waals surface area contributed by atoms with Crippen molar-refractivity contribution in [3.05, 3.63) is 12.2 Å². The molecule has 0 fully saturated rings. The number of nitrogens with zero attached hydrogens (tertiary/aromatic N) is 1. The molecular formula is C14H22NO2S. The van der Waals surface area contributed by atoms with Crippen LogP contribution in [0.15, 0.2) is 12.2 Å². The predicted octanol–water partition coefficient (Wildman–Crippen LogP) is 3.23. The molecular weight excluding hydrogens is 246 g/mol. The Morgan fingerprint density at radius 2 is 1.22 bits per heavy atom. The standard InChI is InChI=1S/C14H22NO2S/c16-13-9-10-14(17)15(13)11-7-5-3-1-2-4-6-8-12-18/h9-10H,1-8,11-12H2. The summed E-state index contributed by atoms with van der Waals surface area (Å²) in [6, 6.07) is 0. The van der Waals surface area contributed by atoms with E-state index in [-0.39, 0.29) is 11.8 Å². The van der Waals surface area contributed by atoms with Crippen molar-refractivity contribution in [2.24, 2.45) is 0 Å². The summed E-state index contributed by atoms with van der Waals surface area (Å²) in [5.41, 5.74) is 0. The van der Waals surface area contributed by atoms with Gasteiger partial charge in [0.15, 0.2) is 0 Å². The highest BCUT2D eigenvalue weighted by atomic mass is 32.1. The molecule has 1 aliphatic heterocycles. The molecule has 0 bridgehead atoms. The topological polar surface area (TPSA) is 37.4 Å². The van der Waals surface area contributed by atoms with E-state index in [9.17, 15) is 9.59 Å². The van der Waals surface area contributed by atoms with Crippen LogP contribution >= 0.6 is 12.6 Å². The number of carbonyl (C=O) groups excluding carboxylic acids is 2. The lowest BCUT2D eigenvalue weighted by atomic mass is 10.1. The third-order valence-corrected chi connectivity index (χ3v) is 3.47. The fraction of sp³-hybridized carbons (Fsp3) is 0.714. The smallest absolute Gasteiger partial charge is 0.253 e. The SMILES string of the molecule is O=C1C=CC(=O)N1CCCCCCCCCC[S]. The first-order valence-corrected chi connectivity index (χ1v) is 7.45. The summed E-state index contributed by atoms with van der Waals surface area (Å²) in [5, 5.41) is 0. The quantitative estimate of drug-likeness (QED) is 0.450. The average molecular weight is 268 g/mol. The Labute approximate surface area is 115 Å². The van der Waals surface area contributed by atoms with Crippen molar-refractivity contribution < 1.29 is 9.59 Å². The molecule has 0 atom stereocenters. The fourth-order valence-electron chi connectivity index (χ4n) is 2.08. The molecule has 1 heterocycles. The van der Waals surface area contributed by atoms with Gasteiger partial charge in [-0.1, -0.05) is 51.2 Å². The number of hydrogen-bond acceptors (Lipinski definition) is 2. The van der Waals surface area contributed by atoms with Crippen molar-refractivity contribution in [1.29, 1.82) is 0 Å². The number of rotatable bonds is 10. The minimum atomic E-state index is -0.163. The van der Waals surface area contributed by atoms with E-state index in [4.69, 9.17) is 12.6 Å². The summed E-state index contributed by atoms with van der Waals surface area (Å²) in [6.07, 6.45) is 12.1. The van der Waals surface area contributed by atoms with Gasteiger partial charge < -0.3 is 0 Å². The van der Waals surface area contributed by atoms with Gasteiger partial charge in [-0.2, -0.15) is 0 Å². The first kappa shape index (κ1) is 15.3. The summed E-state index contributed by atoms with van der Waals surface area (Å²) < 4.78 is 0. The Kier molecular flexibility index (Phi) is 7.81. The van der Waals surface area contributed by atoms with Crippen molar-refractivity contribution >= 4 is 24.4 Å². The van der Waals surface area contributed by atoms with Crippen molar-refractivity contribution in [1.82, 2.24) is 4.90 Å². The molecule has 1 rings (SSSR count). The summed E-state index contributed by atoms with van der Waals surface area (Å²) in [6.45, 7) is 0.570. The van der Waals surface area contributed by atoms with Gasteiger partial charge >= 0.3 is 0 Å². The molecule has 0 N–H and O–H groups in total. The molecule has 0 saturated heterocycles. The van der Waals surface area contributed by atoms with E-state index in [2.05, 4.69) is 0 Å². The molecule has 1 radical (unpaired) electrons. The van der Waals surface area contributed by atoms with Gasteiger partial charge in [-0.05, 0) is 12.8 Å². The Morgan fingerprint density at radius 1 is 0.778 bits per heavy atom. The summed E-state index contributed by atoms with van der Waals surface area (Å²) in [7, 11) is 0. The molecule has 1 aliphatic rings. The lowest BCUT2D eigenvalue weighted by Crippen LogP contribution is -2.30. The first-order valence-electron chi connectivity index (χ1n) is 6.87. The minimum absolute atomic E-state index is 0.163. The number of hydrogen-bond donors (Lipinski definition) is 0. The van der Waals surface area contributed by atoms with Crippen LogP contribution in [-0.2, 0) is 9.59 Å². The Bertz CT molecular complexity index is 284. The normalized spacial score (nSPS) is 14.8. The third-order valence-electron chi connectivity index (χ3n) is 3.18. The maximum atomic E-state index is 11.3. The molecule has 0 aromatic rings. The minimum Gasteiger partial charge on any atom is -0.275 e. The van der Waals surface area contributed by atoms with Crippen LogP contribution in [0.25, 0.3) is 0 Å². The summed E-state index contributed by atoms with van der Waals surface area (Å²) in [4.78, 5) is 23.8. The van der Waals surface area contributed by atoms with Crippen LogP contribution in [0, 0.1) is 0 Å². The van der Waals surface area contributed by atoms with E-state index >= 15 is 0 Å². The van der Waals surface area contributed by atoms with Crippen LogP contribution in [-0.4, -0.2) is 29.0 Å². The highest BCUT2D eigenvalue weighted by molar-refractivity contribution is 7.80. The zero-order chi connectivity index (χ0) is 13.2. The van der Waals surface area contributed by atoms with Gasteiger partial charge in [0.05, 0.1) is 0 Å². The fourth-order valence-corrected chi connectivity index (χ4v) is 2.29. The highest BCUT2D eigenvalue weighted by Crippen LogP contribution is 2.11. The molecule has 0 saturated carbocycles. The van der Waals surface area contributed by atoms with Gasteiger partial charge in [0, 0.05) is 24.4 Å². The third kappa shape index (κ3) is 5.71. The van der Waals surface area contributed by atoms with Crippen LogP contribution in [0.1, 0.15) is 51.4 Å². The monoisotopic (exact) mass is 268 g/mol. The van der Waals surface area contributed by atoms with E-state index in [0.29, 0.717) is 6.54 Å². The molecule has 101 valence electrons. The van der Waals surface area contributed by atoms with Crippen LogP contribution in [0.2, 0.25) is 0 Å². The largest absolute Gasteiger partial charge is 0.275 e. The highest BCUT2D eigenvalue weighted by Gasteiger charge is 2.21. The van der Waals surface area contributed by atoms with Crippen molar-refractivity contribution in [3.8, 4) is 0 Å². The number of amides is 2. The molecule has 18 heavy (non-hydrogen) atoms. The lowest BCUT2D eigenvalue weighted by molar-refractivity contribution is -0.136. The second-order valence-electron chi connectivity index (χ2n) is 4.69. The van der Waals surface area contributed by atoms with Gasteiger partial charge in [-0.15, -0.1) is 0 Å². The van der Waals surface area contributed by atoms with Gasteiger partial charge in [0.1, 0.15) is 0 Å². The van der Waals surface area contributed by atoms with Crippen LogP contribution in [0.5, 0.6) is 0 Å². The van der Waals surface area contributed by atoms with Gasteiger partial charge in [0.25, 0.3) is 11.8 Å². The van der Waals surface area contributed by atoms with Gasteiger partial charge in [-0.25, -0.2) is 0 Å². The second-order valence-corrected chi connectivity index (χ2v) is 5.10. The molecule has 0 unspecified atom stereocenters. The van der Waals surface area contributed by atoms with Crippen molar-refractivity contribution in [2.45, 2.75) is 51.4 Å².